The van der Waals surface area contributed by atoms with Crippen molar-refractivity contribution in [2.24, 2.45) is 0 Å². The van der Waals surface area contributed by atoms with E-state index in [1.165, 1.54) is 11.8 Å². The van der Waals surface area contributed by atoms with Gasteiger partial charge in [0.1, 0.15) is 0 Å². The fourth-order valence-electron chi connectivity index (χ4n) is 1.34. The standard InChI is InChI=1S/C11H21NO3S/c1-4-5-8(2)12-10(13)7-16-9(3)6-11(14)15/h8-9H,4-7H2,1-3H3,(H,12,13)(H,14,15). The number of nitrogens with one attached hydrogen (secondary N) is 1. The first kappa shape index (κ1) is 15.3. The van der Waals surface area contributed by atoms with Crippen LogP contribution in [-0.4, -0.2) is 34.0 Å². The Labute approximate surface area is 101 Å². The second kappa shape index (κ2) is 8.44. The van der Waals surface area contributed by atoms with Crippen LogP contribution in [0, 0.1) is 0 Å². The molecule has 2 N–H and O–H groups in total. The number of hydrogen-bond acceptors (Lipinski definition) is 3. The second-order valence-corrected chi connectivity index (χ2v) is 5.40. The highest BCUT2D eigenvalue weighted by Crippen LogP contribution is 2.13. The van der Waals surface area contributed by atoms with Crippen LogP contribution >= 0.6 is 11.8 Å². The Balaban J connectivity index is 3.68. The van der Waals surface area contributed by atoms with E-state index in [0.29, 0.717) is 5.75 Å². The normalized spacial score (nSPS) is 14.2. The quantitative estimate of drug-likeness (QED) is 0.687. The predicted octanol–water partition coefficient (Wildman–Crippen LogP) is 1.89. The summed E-state index contributed by atoms with van der Waals surface area (Å²) >= 11 is 1.38. The zero-order valence-electron chi connectivity index (χ0n) is 10.2. The van der Waals surface area contributed by atoms with Gasteiger partial charge in [-0.25, -0.2) is 0 Å². The highest BCUT2D eigenvalue weighted by atomic mass is 32.2. The summed E-state index contributed by atoms with van der Waals surface area (Å²) in [6, 6.07) is 0.202. The van der Waals surface area contributed by atoms with Crippen molar-refractivity contribution in [2.45, 2.75) is 51.3 Å². The Morgan fingerprint density at radius 2 is 2.00 bits per heavy atom. The lowest BCUT2D eigenvalue weighted by molar-refractivity contribution is -0.136. The van der Waals surface area contributed by atoms with Crippen LogP contribution in [0.3, 0.4) is 0 Å². The van der Waals surface area contributed by atoms with Gasteiger partial charge >= 0.3 is 5.97 Å². The first-order chi connectivity index (χ1) is 7.45. The minimum absolute atomic E-state index is 0.0109. The Morgan fingerprint density at radius 3 is 2.50 bits per heavy atom. The minimum atomic E-state index is -0.820. The fourth-order valence-corrected chi connectivity index (χ4v) is 2.12. The molecule has 0 aromatic rings. The first-order valence-corrected chi connectivity index (χ1v) is 6.63. The van der Waals surface area contributed by atoms with Crippen LogP contribution in [0.15, 0.2) is 0 Å². The van der Waals surface area contributed by atoms with Gasteiger partial charge in [0.05, 0.1) is 12.2 Å². The van der Waals surface area contributed by atoms with Gasteiger partial charge in [0.25, 0.3) is 0 Å². The molecule has 0 bridgehead atoms. The molecule has 1 amide bonds. The average molecular weight is 247 g/mol. The molecule has 0 rings (SSSR count). The number of thioether (sulfide) groups is 1. The van der Waals surface area contributed by atoms with E-state index in [1.54, 1.807) is 0 Å². The highest BCUT2D eigenvalue weighted by molar-refractivity contribution is 8.00. The molecule has 0 spiro atoms. The van der Waals surface area contributed by atoms with Gasteiger partial charge in [-0.05, 0) is 13.3 Å². The van der Waals surface area contributed by atoms with Crippen LogP contribution in [0.25, 0.3) is 0 Å². The summed E-state index contributed by atoms with van der Waals surface area (Å²) in [6.07, 6.45) is 2.12. The van der Waals surface area contributed by atoms with E-state index in [2.05, 4.69) is 12.2 Å². The Kier molecular flexibility index (Phi) is 8.07. The molecule has 0 saturated heterocycles. The lowest BCUT2D eigenvalue weighted by Crippen LogP contribution is -2.34. The van der Waals surface area contributed by atoms with Crippen molar-refractivity contribution < 1.29 is 14.7 Å². The molecule has 2 unspecified atom stereocenters. The smallest absolute Gasteiger partial charge is 0.304 e. The van der Waals surface area contributed by atoms with Gasteiger partial charge in [-0.3, -0.25) is 9.59 Å². The predicted molar refractivity (Wildman–Crippen MR) is 66.7 cm³/mol. The molecule has 0 aliphatic carbocycles. The van der Waals surface area contributed by atoms with Crippen LogP contribution in [0.2, 0.25) is 0 Å². The maximum atomic E-state index is 11.4. The number of carboxylic acids is 1. The average Bonchev–Trinajstić information content (AvgIpc) is 2.14. The topological polar surface area (TPSA) is 66.4 Å². The molecule has 0 fully saturated rings. The number of aliphatic carboxylic acids is 1. The summed E-state index contributed by atoms with van der Waals surface area (Å²) in [5.74, 6) is -0.495. The number of carbonyl (C=O) groups is 2. The number of amides is 1. The van der Waals surface area contributed by atoms with Crippen molar-refractivity contribution in [2.75, 3.05) is 5.75 Å². The lowest BCUT2D eigenvalue weighted by Gasteiger charge is -2.13. The SMILES string of the molecule is CCCC(C)NC(=O)CSC(C)CC(=O)O. The van der Waals surface area contributed by atoms with Crippen molar-refractivity contribution in [3.8, 4) is 0 Å². The zero-order valence-corrected chi connectivity index (χ0v) is 11.0. The molecule has 0 saturated carbocycles. The molecule has 0 aromatic carbocycles. The van der Waals surface area contributed by atoms with E-state index >= 15 is 0 Å². The van der Waals surface area contributed by atoms with Crippen LogP contribution in [0.4, 0.5) is 0 Å². The molecule has 0 aromatic heterocycles. The molecule has 16 heavy (non-hydrogen) atoms. The summed E-state index contributed by atoms with van der Waals surface area (Å²) < 4.78 is 0. The van der Waals surface area contributed by atoms with E-state index < -0.39 is 5.97 Å². The van der Waals surface area contributed by atoms with Crippen LogP contribution in [0.1, 0.15) is 40.0 Å². The Hall–Kier alpha value is -0.710. The van der Waals surface area contributed by atoms with E-state index in [9.17, 15) is 9.59 Å². The monoisotopic (exact) mass is 247 g/mol. The van der Waals surface area contributed by atoms with Crippen LogP contribution in [-0.2, 0) is 9.59 Å². The Morgan fingerprint density at radius 1 is 1.38 bits per heavy atom. The molecule has 0 aliphatic heterocycles. The van der Waals surface area contributed by atoms with E-state index in [0.717, 1.165) is 12.8 Å². The third-order valence-corrected chi connectivity index (χ3v) is 3.25. The van der Waals surface area contributed by atoms with Gasteiger partial charge in [0, 0.05) is 11.3 Å². The molecule has 2 atom stereocenters. The summed E-state index contributed by atoms with van der Waals surface area (Å²) in [7, 11) is 0. The number of carboxylic acid groups (broad SMARTS) is 1. The maximum Gasteiger partial charge on any atom is 0.304 e. The number of rotatable bonds is 8. The largest absolute Gasteiger partial charge is 0.481 e. The molecular weight excluding hydrogens is 226 g/mol. The molecule has 94 valence electrons. The van der Waals surface area contributed by atoms with Gasteiger partial charge in [-0.15, -0.1) is 11.8 Å². The van der Waals surface area contributed by atoms with Gasteiger partial charge in [-0.1, -0.05) is 20.3 Å². The van der Waals surface area contributed by atoms with E-state index in [-0.39, 0.29) is 23.6 Å². The molecular formula is C11H21NO3S. The van der Waals surface area contributed by atoms with E-state index in [4.69, 9.17) is 5.11 Å². The summed E-state index contributed by atoms with van der Waals surface area (Å²) in [6.45, 7) is 5.88. The maximum absolute atomic E-state index is 11.4. The summed E-state index contributed by atoms with van der Waals surface area (Å²) in [4.78, 5) is 21.8. The van der Waals surface area contributed by atoms with E-state index in [1.807, 2.05) is 13.8 Å². The summed E-state index contributed by atoms with van der Waals surface area (Å²) in [5.41, 5.74) is 0. The third-order valence-electron chi connectivity index (χ3n) is 2.09. The molecule has 4 nitrogen and oxygen atoms in total. The first-order valence-electron chi connectivity index (χ1n) is 5.58. The number of carbonyl (C=O) groups excluding carboxylic acids is 1. The van der Waals surface area contributed by atoms with Crippen molar-refractivity contribution in [1.82, 2.24) is 5.32 Å². The molecule has 0 aliphatic rings. The van der Waals surface area contributed by atoms with Gasteiger partial charge in [-0.2, -0.15) is 0 Å². The van der Waals surface area contributed by atoms with Gasteiger partial charge in [0.2, 0.25) is 5.91 Å². The molecule has 5 heteroatoms. The lowest BCUT2D eigenvalue weighted by atomic mass is 10.2. The van der Waals surface area contributed by atoms with Crippen LogP contribution in [0.5, 0.6) is 0 Å². The molecule has 0 heterocycles. The zero-order chi connectivity index (χ0) is 12.6. The van der Waals surface area contributed by atoms with Crippen molar-refractivity contribution in [3.05, 3.63) is 0 Å². The van der Waals surface area contributed by atoms with Crippen LogP contribution < -0.4 is 5.32 Å². The third kappa shape index (κ3) is 8.59. The molecule has 0 radical (unpaired) electrons. The minimum Gasteiger partial charge on any atom is -0.481 e. The second-order valence-electron chi connectivity index (χ2n) is 3.98. The number of hydrogen-bond donors (Lipinski definition) is 2. The van der Waals surface area contributed by atoms with Gasteiger partial charge < -0.3 is 10.4 Å². The summed E-state index contributed by atoms with van der Waals surface area (Å²) in [5, 5.41) is 11.4. The van der Waals surface area contributed by atoms with Crippen molar-refractivity contribution in [1.29, 1.82) is 0 Å². The highest BCUT2D eigenvalue weighted by Gasteiger charge is 2.11. The Bertz CT molecular complexity index is 233. The fraction of sp³-hybridized carbons (Fsp3) is 0.818. The van der Waals surface area contributed by atoms with Crippen molar-refractivity contribution >= 4 is 23.6 Å². The van der Waals surface area contributed by atoms with Gasteiger partial charge in [0.15, 0.2) is 0 Å². The van der Waals surface area contributed by atoms with Crippen molar-refractivity contribution in [3.63, 3.8) is 0 Å².